The highest BCUT2D eigenvalue weighted by Crippen LogP contribution is 2.25. The molecule has 0 fully saturated rings. The van der Waals surface area contributed by atoms with Gasteiger partial charge in [-0.05, 0) is 17.5 Å². The minimum absolute atomic E-state index is 0.153. The van der Waals surface area contributed by atoms with Crippen LogP contribution >= 0.6 is 0 Å². The lowest BCUT2D eigenvalue weighted by Crippen LogP contribution is -1.64. The van der Waals surface area contributed by atoms with Crippen LogP contribution in [0.3, 0.4) is 0 Å². The first-order valence-corrected chi connectivity index (χ1v) is 3.49. The van der Waals surface area contributed by atoms with Crippen LogP contribution in [0.1, 0.15) is 11.1 Å². The average Bonchev–Trinajstić information content (AvgIpc) is 2.83. The lowest BCUT2D eigenvalue weighted by Gasteiger charge is -1.69. The van der Waals surface area contributed by atoms with Crippen molar-refractivity contribution in [2.75, 3.05) is 6.61 Å². The predicted molar refractivity (Wildman–Crippen MR) is 45.2 cm³/mol. The first-order valence-electron chi connectivity index (χ1n) is 3.49. The summed E-state index contributed by atoms with van der Waals surface area (Å²) in [5.74, 6) is 1.99. The lowest BCUT2D eigenvalue weighted by atomic mass is 10.4. The van der Waals surface area contributed by atoms with Crippen molar-refractivity contribution in [1.82, 2.24) is 0 Å². The van der Waals surface area contributed by atoms with Gasteiger partial charge in [-0.1, -0.05) is 30.2 Å². The van der Waals surface area contributed by atoms with Crippen LogP contribution in [0.15, 0.2) is 24.3 Å². The molecule has 1 heteroatoms. The van der Waals surface area contributed by atoms with Crippen molar-refractivity contribution in [3.05, 3.63) is 35.4 Å². The highest BCUT2D eigenvalue weighted by atomic mass is 16.2. The fourth-order valence-corrected chi connectivity index (χ4v) is 0.836. The van der Waals surface area contributed by atoms with Gasteiger partial charge in [0.2, 0.25) is 0 Å². The van der Waals surface area contributed by atoms with Gasteiger partial charge in [0.25, 0.3) is 0 Å². The van der Waals surface area contributed by atoms with Gasteiger partial charge in [-0.25, -0.2) is 0 Å². The molecule has 1 aliphatic carbocycles. The van der Waals surface area contributed by atoms with Gasteiger partial charge < -0.3 is 5.11 Å². The van der Waals surface area contributed by atoms with E-state index < -0.39 is 0 Å². The third-order valence-corrected chi connectivity index (χ3v) is 1.47. The molecule has 56 valence electrons. The molecule has 1 aromatic rings. The molecule has 0 saturated heterocycles. The summed E-state index contributed by atoms with van der Waals surface area (Å²) in [5, 5.41) is 7.64. The smallest absolute Gasteiger partial charge is 0.103 e. The van der Waals surface area contributed by atoms with E-state index in [1.807, 2.05) is 5.92 Å². The molecular weight excluding hydrogens is 136 g/mol. The maximum Gasteiger partial charge on any atom is 0.103 e. The second kappa shape index (κ2) is 3.80. The van der Waals surface area contributed by atoms with E-state index in [9.17, 15) is 0 Å². The van der Waals surface area contributed by atoms with Crippen molar-refractivity contribution in [3.63, 3.8) is 0 Å². The zero-order valence-corrected chi connectivity index (χ0v) is 6.25. The van der Waals surface area contributed by atoms with Gasteiger partial charge >= 0.3 is 0 Å². The Labute approximate surface area is 66.7 Å². The maximum atomic E-state index is 7.64. The Kier molecular flexibility index (Phi) is 2.71. The molecule has 0 aromatic heterocycles. The predicted octanol–water partition coefficient (Wildman–Crippen LogP) is 1.20. The molecule has 0 bridgehead atoms. The number of hydrogen-bond donors (Lipinski definition) is 1. The van der Waals surface area contributed by atoms with Crippen LogP contribution < -0.4 is 0 Å². The Morgan fingerprint density at radius 3 is 2.09 bits per heavy atom. The summed E-state index contributed by atoms with van der Waals surface area (Å²) in [6, 6.07) is 8.53. The van der Waals surface area contributed by atoms with Gasteiger partial charge in [0.15, 0.2) is 0 Å². The van der Waals surface area contributed by atoms with E-state index in [0.717, 1.165) is 0 Å². The molecule has 11 heavy (non-hydrogen) atoms. The number of terminal acetylenes is 1. The molecule has 0 unspecified atom stereocenters. The van der Waals surface area contributed by atoms with Gasteiger partial charge in [0, 0.05) is 0 Å². The van der Waals surface area contributed by atoms with Gasteiger partial charge in [0.05, 0.1) is 0 Å². The van der Waals surface area contributed by atoms with Crippen molar-refractivity contribution in [1.29, 1.82) is 0 Å². The second-order valence-electron chi connectivity index (χ2n) is 2.31. The molecule has 0 heterocycles. The summed E-state index contributed by atoms with van der Waals surface area (Å²) in [7, 11) is 0. The molecule has 1 aliphatic rings. The van der Waals surface area contributed by atoms with Gasteiger partial charge in [-0.2, -0.15) is 0 Å². The van der Waals surface area contributed by atoms with E-state index in [1.165, 1.54) is 17.5 Å². The van der Waals surface area contributed by atoms with Crippen LogP contribution in [0, 0.1) is 12.3 Å². The Balaban J connectivity index is 0.000000134. The summed E-state index contributed by atoms with van der Waals surface area (Å²) in [4.78, 5) is 0. The first-order chi connectivity index (χ1) is 5.38. The standard InChI is InChI=1S/C7H6.C3H4O/c1-2-4-7-5-6(7)3-1;1-2-3-4/h1-4H,5H2;1,4H,3H2. The Hall–Kier alpha value is -1.26. The Morgan fingerprint density at radius 2 is 1.82 bits per heavy atom. The van der Waals surface area contributed by atoms with E-state index >= 15 is 0 Å². The van der Waals surface area contributed by atoms with Crippen molar-refractivity contribution >= 4 is 0 Å². The van der Waals surface area contributed by atoms with Gasteiger partial charge in [-0.3, -0.25) is 0 Å². The van der Waals surface area contributed by atoms with E-state index in [0.29, 0.717) is 0 Å². The van der Waals surface area contributed by atoms with Crippen molar-refractivity contribution in [2.24, 2.45) is 0 Å². The number of rotatable bonds is 0. The summed E-state index contributed by atoms with van der Waals surface area (Å²) >= 11 is 0. The van der Waals surface area contributed by atoms with Crippen LogP contribution in [0.5, 0.6) is 0 Å². The molecule has 1 nitrogen and oxygen atoms in total. The number of fused-ring (bicyclic) bond motifs is 1. The molecule has 1 N–H and O–H groups in total. The third-order valence-electron chi connectivity index (χ3n) is 1.47. The normalized spacial score (nSPS) is 10.2. The Morgan fingerprint density at radius 1 is 1.36 bits per heavy atom. The van der Waals surface area contributed by atoms with Gasteiger partial charge in [-0.15, -0.1) is 6.42 Å². The SMILES string of the molecule is C#CCO.c1ccc2c(c1)C2. The van der Waals surface area contributed by atoms with Crippen molar-refractivity contribution in [2.45, 2.75) is 6.42 Å². The minimum Gasteiger partial charge on any atom is -0.384 e. The summed E-state index contributed by atoms with van der Waals surface area (Å²) < 4.78 is 0. The monoisotopic (exact) mass is 146 g/mol. The van der Waals surface area contributed by atoms with E-state index in [1.54, 1.807) is 0 Å². The molecule has 0 radical (unpaired) electrons. The first kappa shape index (κ1) is 7.84. The van der Waals surface area contributed by atoms with Crippen LogP contribution in [-0.2, 0) is 6.42 Å². The highest BCUT2D eigenvalue weighted by Gasteiger charge is 2.12. The summed E-state index contributed by atoms with van der Waals surface area (Å²) in [6.45, 7) is -0.153. The zero-order valence-electron chi connectivity index (χ0n) is 6.25. The van der Waals surface area contributed by atoms with Crippen molar-refractivity contribution < 1.29 is 5.11 Å². The molecule has 0 spiro atoms. The Bertz CT molecular complexity index is 249. The summed E-state index contributed by atoms with van der Waals surface area (Å²) in [6.07, 6.45) is 5.77. The van der Waals surface area contributed by atoms with Crippen LogP contribution in [0.2, 0.25) is 0 Å². The second-order valence-corrected chi connectivity index (χ2v) is 2.31. The molecular formula is C10H10O. The number of aliphatic hydroxyl groups excluding tert-OH is 1. The zero-order chi connectivity index (χ0) is 8.10. The van der Waals surface area contributed by atoms with Crippen LogP contribution in [0.4, 0.5) is 0 Å². The third kappa shape index (κ3) is 2.45. The van der Waals surface area contributed by atoms with Crippen LogP contribution in [0.25, 0.3) is 0 Å². The molecule has 2 rings (SSSR count). The van der Waals surface area contributed by atoms with E-state index in [-0.39, 0.29) is 6.61 Å². The number of hydrogen-bond acceptors (Lipinski definition) is 1. The molecule has 1 aromatic carbocycles. The van der Waals surface area contributed by atoms with Crippen LogP contribution in [-0.4, -0.2) is 11.7 Å². The number of benzene rings is 1. The molecule has 0 saturated carbocycles. The maximum absolute atomic E-state index is 7.64. The quantitative estimate of drug-likeness (QED) is 0.554. The fourth-order valence-electron chi connectivity index (χ4n) is 0.836. The summed E-state index contributed by atoms with van der Waals surface area (Å²) in [5.41, 5.74) is 3.06. The van der Waals surface area contributed by atoms with E-state index in [2.05, 4.69) is 30.7 Å². The largest absolute Gasteiger partial charge is 0.384 e. The van der Waals surface area contributed by atoms with Crippen molar-refractivity contribution in [3.8, 4) is 12.3 Å². The average molecular weight is 146 g/mol. The van der Waals surface area contributed by atoms with Gasteiger partial charge in [0.1, 0.15) is 6.61 Å². The molecule has 0 amide bonds. The fraction of sp³-hybridized carbons (Fsp3) is 0.200. The highest BCUT2D eigenvalue weighted by molar-refractivity contribution is 5.44. The topological polar surface area (TPSA) is 20.2 Å². The van der Waals surface area contributed by atoms with E-state index in [4.69, 9.17) is 5.11 Å². The minimum atomic E-state index is -0.153. The number of aliphatic hydroxyl groups is 1. The molecule has 0 atom stereocenters. The molecule has 0 aliphatic heterocycles. The lowest BCUT2D eigenvalue weighted by molar-refractivity contribution is 0.351.